The van der Waals surface area contributed by atoms with Crippen molar-refractivity contribution in [3.8, 4) is 0 Å². The number of unbranched alkanes of at least 4 members (excludes halogenated alkanes) is 5. The smallest absolute Gasteiger partial charge is 0.306 e. The average Bonchev–Trinajstić information content (AvgIpc) is 3.38. The standard InChI is InChI=1S/C36H60O4/c1-6-7-8-9-10-11-12-32(37)39-27-16-18-34(4)26(21-27)13-14-28-29(34)17-19-35(5)30(28)22-31-33(35)25(3)36(40-31)20-15-24(2)23-38-36/h24-31,33H,6-23H2,1-5H3/t24?,25?,26?,27-,28?,29?,30?,31?,33?,34+,35+,36?/m1/s1. The minimum absolute atomic E-state index is 0.0620. The minimum Gasteiger partial charge on any atom is -0.462 e. The molecule has 228 valence electrons. The highest BCUT2D eigenvalue weighted by atomic mass is 16.7. The quantitative estimate of drug-likeness (QED) is 0.221. The summed E-state index contributed by atoms with van der Waals surface area (Å²) >= 11 is 0. The van der Waals surface area contributed by atoms with Crippen LogP contribution in [-0.2, 0) is 19.0 Å². The van der Waals surface area contributed by atoms with Gasteiger partial charge in [-0.25, -0.2) is 0 Å². The van der Waals surface area contributed by atoms with E-state index in [4.69, 9.17) is 14.2 Å². The van der Waals surface area contributed by atoms with Crippen molar-refractivity contribution >= 4 is 5.97 Å². The minimum atomic E-state index is -0.304. The Kier molecular flexibility index (Phi) is 8.45. The van der Waals surface area contributed by atoms with E-state index in [9.17, 15) is 4.79 Å². The van der Waals surface area contributed by atoms with E-state index in [1.807, 2.05) is 0 Å². The Morgan fingerprint density at radius 2 is 1.62 bits per heavy atom. The van der Waals surface area contributed by atoms with Crippen molar-refractivity contribution in [2.24, 2.45) is 52.3 Å². The SMILES string of the molecule is CCCCCCCCC(=O)O[C@@H]1CC[C@@]2(C)C(CCC3C2CC[C@@]2(C)C3CC3OC4(CCC(C)CO4)C(C)C32)C1. The van der Waals surface area contributed by atoms with Crippen LogP contribution in [0.25, 0.3) is 0 Å². The van der Waals surface area contributed by atoms with Gasteiger partial charge in [0.2, 0.25) is 0 Å². The Labute approximate surface area is 245 Å². The molecule has 40 heavy (non-hydrogen) atoms. The first-order valence-electron chi connectivity index (χ1n) is 17.7. The largest absolute Gasteiger partial charge is 0.462 e. The molecule has 12 atom stereocenters. The van der Waals surface area contributed by atoms with E-state index in [-0.39, 0.29) is 17.9 Å². The second-order valence-electron chi connectivity index (χ2n) is 16.1. The van der Waals surface area contributed by atoms with Gasteiger partial charge in [0.25, 0.3) is 0 Å². The number of fused-ring (bicyclic) bond motifs is 7. The lowest BCUT2D eigenvalue weighted by Crippen LogP contribution is -2.55. The molecule has 0 amide bonds. The van der Waals surface area contributed by atoms with Gasteiger partial charge >= 0.3 is 5.97 Å². The summed E-state index contributed by atoms with van der Waals surface area (Å²) in [7, 11) is 0. The fraction of sp³-hybridized carbons (Fsp3) is 0.972. The van der Waals surface area contributed by atoms with Gasteiger partial charge in [0.05, 0.1) is 12.7 Å². The van der Waals surface area contributed by atoms with Gasteiger partial charge in [-0.2, -0.15) is 0 Å². The van der Waals surface area contributed by atoms with E-state index >= 15 is 0 Å². The highest BCUT2D eigenvalue weighted by Crippen LogP contribution is 2.71. The van der Waals surface area contributed by atoms with Crippen molar-refractivity contribution in [2.45, 2.75) is 162 Å². The molecule has 6 aliphatic rings. The third kappa shape index (κ3) is 5.01. The molecule has 2 heterocycles. The van der Waals surface area contributed by atoms with Crippen LogP contribution in [0.3, 0.4) is 0 Å². The van der Waals surface area contributed by atoms with Crippen LogP contribution in [0.2, 0.25) is 0 Å². The van der Waals surface area contributed by atoms with Crippen LogP contribution in [0.4, 0.5) is 0 Å². The van der Waals surface area contributed by atoms with Crippen LogP contribution in [0.5, 0.6) is 0 Å². The fourth-order valence-electron chi connectivity index (χ4n) is 11.6. The Morgan fingerprint density at radius 1 is 0.850 bits per heavy atom. The summed E-state index contributed by atoms with van der Waals surface area (Å²) in [4.78, 5) is 12.6. The topological polar surface area (TPSA) is 44.8 Å². The van der Waals surface area contributed by atoms with E-state index in [0.29, 0.717) is 41.1 Å². The van der Waals surface area contributed by atoms with E-state index in [2.05, 4.69) is 34.6 Å². The molecule has 0 bridgehead atoms. The van der Waals surface area contributed by atoms with Gasteiger partial charge in [-0.3, -0.25) is 4.79 Å². The zero-order chi connectivity index (χ0) is 28.1. The summed E-state index contributed by atoms with van der Waals surface area (Å²) in [6.07, 6.45) is 20.9. The highest BCUT2D eigenvalue weighted by molar-refractivity contribution is 5.69. The number of carbonyl (C=O) groups is 1. The molecule has 4 saturated carbocycles. The Balaban J connectivity index is 1.05. The molecule has 0 aromatic heterocycles. The molecule has 6 fully saturated rings. The lowest BCUT2D eigenvalue weighted by molar-refractivity contribution is -0.273. The van der Waals surface area contributed by atoms with Gasteiger partial charge in [-0.05, 0) is 111 Å². The van der Waals surface area contributed by atoms with Crippen molar-refractivity contribution in [3.63, 3.8) is 0 Å². The van der Waals surface area contributed by atoms with Crippen molar-refractivity contribution in [1.82, 2.24) is 0 Å². The van der Waals surface area contributed by atoms with Gasteiger partial charge in [0, 0.05) is 18.8 Å². The van der Waals surface area contributed by atoms with Crippen LogP contribution >= 0.6 is 0 Å². The zero-order valence-electron chi connectivity index (χ0n) is 26.6. The molecule has 6 rings (SSSR count). The van der Waals surface area contributed by atoms with Gasteiger partial charge in [0.1, 0.15) is 6.10 Å². The molecule has 0 aromatic carbocycles. The third-order valence-electron chi connectivity index (χ3n) is 13.9. The van der Waals surface area contributed by atoms with E-state index < -0.39 is 0 Å². The fourth-order valence-corrected chi connectivity index (χ4v) is 11.6. The summed E-state index contributed by atoms with van der Waals surface area (Å²) in [6.45, 7) is 13.2. The second-order valence-corrected chi connectivity index (χ2v) is 16.1. The molecular weight excluding hydrogens is 496 g/mol. The van der Waals surface area contributed by atoms with Crippen molar-refractivity contribution in [1.29, 1.82) is 0 Å². The second kappa shape index (κ2) is 11.5. The summed E-state index contributed by atoms with van der Waals surface area (Å²) in [6, 6.07) is 0. The van der Waals surface area contributed by atoms with Gasteiger partial charge in [0.15, 0.2) is 5.79 Å². The Bertz CT molecular complexity index is 893. The van der Waals surface area contributed by atoms with Crippen LogP contribution in [-0.4, -0.2) is 30.6 Å². The summed E-state index contributed by atoms with van der Waals surface area (Å²) in [5, 5.41) is 0. The predicted octanol–water partition coefficient (Wildman–Crippen LogP) is 9.10. The average molecular weight is 557 g/mol. The maximum Gasteiger partial charge on any atom is 0.306 e. The van der Waals surface area contributed by atoms with Gasteiger partial charge < -0.3 is 14.2 Å². The predicted molar refractivity (Wildman–Crippen MR) is 160 cm³/mol. The molecule has 4 aliphatic carbocycles. The van der Waals surface area contributed by atoms with Crippen LogP contribution in [0.15, 0.2) is 0 Å². The van der Waals surface area contributed by atoms with Gasteiger partial charge in [-0.15, -0.1) is 0 Å². The Morgan fingerprint density at radius 3 is 2.40 bits per heavy atom. The summed E-state index contributed by atoms with van der Waals surface area (Å²) in [5.41, 5.74) is 0.814. The molecule has 0 aromatic rings. The van der Waals surface area contributed by atoms with Crippen LogP contribution < -0.4 is 0 Å². The van der Waals surface area contributed by atoms with E-state index in [0.717, 1.165) is 56.0 Å². The van der Waals surface area contributed by atoms with Crippen LogP contribution in [0.1, 0.15) is 144 Å². The lowest BCUT2D eigenvalue weighted by Gasteiger charge is -2.61. The van der Waals surface area contributed by atoms with Crippen molar-refractivity contribution in [2.75, 3.05) is 6.61 Å². The highest BCUT2D eigenvalue weighted by Gasteiger charge is 2.69. The summed E-state index contributed by atoms with van der Waals surface area (Å²) in [5.74, 6) is 4.77. The van der Waals surface area contributed by atoms with Crippen molar-refractivity contribution in [3.05, 3.63) is 0 Å². The maximum absolute atomic E-state index is 12.6. The molecule has 4 heteroatoms. The summed E-state index contributed by atoms with van der Waals surface area (Å²) < 4.78 is 19.6. The lowest BCUT2D eigenvalue weighted by atomic mass is 9.44. The van der Waals surface area contributed by atoms with Gasteiger partial charge in [-0.1, -0.05) is 66.7 Å². The first kappa shape index (κ1) is 29.5. The third-order valence-corrected chi connectivity index (χ3v) is 13.9. The number of esters is 1. The first-order chi connectivity index (χ1) is 19.2. The molecule has 9 unspecified atom stereocenters. The first-order valence-corrected chi connectivity index (χ1v) is 17.7. The van der Waals surface area contributed by atoms with Crippen molar-refractivity contribution < 1.29 is 19.0 Å². The molecule has 4 nitrogen and oxygen atoms in total. The monoisotopic (exact) mass is 556 g/mol. The van der Waals surface area contributed by atoms with E-state index in [1.54, 1.807) is 0 Å². The molecule has 2 saturated heterocycles. The number of hydrogen-bond acceptors (Lipinski definition) is 4. The number of hydrogen-bond donors (Lipinski definition) is 0. The maximum atomic E-state index is 12.6. The number of rotatable bonds is 8. The normalized spacial score (nSPS) is 49.7. The Hall–Kier alpha value is -0.610. The molecule has 0 radical (unpaired) electrons. The molecule has 2 aliphatic heterocycles. The van der Waals surface area contributed by atoms with E-state index in [1.165, 1.54) is 77.0 Å². The number of ether oxygens (including phenoxy) is 3. The molecule has 0 N–H and O–H groups in total. The molecular formula is C36H60O4. The molecule has 1 spiro atoms. The zero-order valence-corrected chi connectivity index (χ0v) is 26.6. The van der Waals surface area contributed by atoms with Crippen LogP contribution in [0, 0.1) is 52.3 Å². The number of carbonyl (C=O) groups excluding carboxylic acids is 1.